The summed E-state index contributed by atoms with van der Waals surface area (Å²) in [7, 11) is 1.53. The van der Waals surface area contributed by atoms with Crippen molar-refractivity contribution in [2.24, 2.45) is 5.92 Å². The van der Waals surface area contributed by atoms with E-state index in [0.29, 0.717) is 53.2 Å². The number of hydrogen-bond acceptors (Lipinski definition) is 6. The maximum atomic E-state index is 13.5. The molecule has 7 heteroatoms. The fourth-order valence-electron chi connectivity index (χ4n) is 4.45. The maximum absolute atomic E-state index is 13.5. The molecule has 1 aliphatic rings. The van der Waals surface area contributed by atoms with Crippen molar-refractivity contribution in [2.75, 3.05) is 25.2 Å². The first-order valence-corrected chi connectivity index (χ1v) is 12.7. The van der Waals surface area contributed by atoms with Gasteiger partial charge in [0.1, 0.15) is 11.5 Å². The van der Waals surface area contributed by atoms with Crippen LogP contribution in [0.1, 0.15) is 43.5 Å². The maximum Gasteiger partial charge on any atom is 0.300 e. The molecule has 0 aromatic heterocycles. The summed E-state index contributed by atoms with van der Waals surface area (Å²) in [5.41, 5.74) is 2.50. The van der Waals surface area contributed by atoms with Crippen LogP contribution < -0.4 is 19.1 Å². The molecule has 0 bridgehead atoms. The monoisotopic (exact) mass is 515 g/mol. The second kappa shape index (κ2) is 11.4. The van der Waals surface area contributed by atoms with Crippen molar-refractivity contribution >= 4 is 23.1 Å². The number of nitrogens with zero attached hydrogens (tertiary/aromatic N) is 1. The van der Waals surface area contributed by atoms with E-state index in [1.165, 1.54) is 12.0 Å². The number of aliphatic hydroxyl groups is 1. The first-order chi connectivity index (χ1) is 18.2. The first kappa shape index (κ1) is 26.8. The highest BCUT2D eigenvalue weighted by Gasteiger charge is 2.47. The van der Waals surface area contributed by atoms with Crippen LogP contribution in [0.5, 0.6) is 17.2 Å². The lowest BCUT2D eigenvalue weighted by Crippen LogP contribution is -2.29. The van der Waals surface area contributed by atoms with E-state index >= 15 is 0 Å². The van der Waals surface area contributed by atoms with Gasteiger partial charge in [-0.05, 0) is 79.4 Å². The minimum absolute atomic E-state index is 0.00133. The standard InChI is InChI=1S/C31H33NO6/c1-6-37-25-15-12-22(17-26(25)36-5)28-27(29(33)21-10-13-24(14-11-21)38-18-19(2)3)30(34)31(35)32(28)23-9-7-8-20(4)16-23/h7-17,19,28,33H,6,18H2,1-5H3/b29-27-. The first-order valence-electron chi connectivity index (χ1n) is 12.7. The van der Waals surface area contributed by atoms with Crippen molar-refractivity contribution in [1.82, 2.24) is 0 Å². The third-order valence-corrected chi connectivity index (χ3v) is 6.24. The topological polar surface area (TPSA) is 85.3 Å². The molecule has 0 radical (unpaired) electrons. The van der Waals surface area contributed by atoms with Gasteiger partial charge in [0.25, 0.3) is 11.7 Å². The van der Waals surface area contributed by atoms with Gasteiger partial charge in [0, 0.05) is 11.3 Å². The summed E-state index contributed by atoms with van der Waals surface area (Å²) in [6.07, 6.45) is 0. The van der Waals surface area contributed by atoms with Gasteiger partial charge in [-0.25, -0.2) is 0 Å². The Bertz CT molecular complexity index is 1360. The van der Waals surface area contributed by atoms with Crippen molar-refractivity contribution < 1.29 is 28.9 Å². The van der Waals surface area contributed by atoms with E-state index in [4.69, 9.17) is 14.2 Å². The highest BCUT2D eigenvalue weighted by atomic mass is 16.5. The van der Waals surface area contributed by atoms with Crippen LogP contribution in [0.25, 0.3) is 5.76 Å². The molecule has 38 heavy (non-hydrogen) atoms. The molecule has 3 aromatic carbocycles. The summed E-state index contributed by atoms with van der Waals surface area (Å²) in [4.78, 5) is 28.3. The zero-order chi connectivity index (χ0) is 27.4. The Balaban J connectivity index is 1.86. The summed E-state index contributed by atoms with van der Waals surface area (Å²) >= 11 is 0. The van der Waals surface area contributed by atoms with Gasteiger partial charge in [-0.3, -0.25) is 14.5 Å². The fraction of sp³-hybridized carbons (Fsp3) is 0.290. The Morgan fingerprint density at radius 3 is 2.34 bits per heavy atom. The lowest BCUT2D eigenvalue weighted by Gasteiger charge is -2.26. The van der Waals surface area contributed by atoms with Gasteiger partial charge in [-0.15, -0.1) is 0 Å². The Hall–Kier alpha value is -4.26. The molecule has 4 rings (SSSR count). The van der Waals surface area contributed by atoms with Gasteiger partial charge in [0.15, 0.2) is 11.5 Å². The van der Waals surface area contributed by atoms with Gasteiger partial charge < -0.3 is 19.3 Å². The molecule has 3 aromatic rings. The van der Waals surface area contributed by atoms with Crippen molar-refractivity contribution in [3.63, 3.8) is 0 Å². The Labute approximate surface area is 223 Å². The lowest BCUT2D eigenvalue weighted by molar-refractivity contribution is -0.132. The van der Waals surface area contributed by atoms with Crippen LogP contribution in [0.3, 0.4) is 0 Å². The van der Waals surface area contributed by atoms with Gasteiger partial charge >= 0.3 is 0 Å². The summed E-state index contributed by atoms with van der Waals surface area (Å²) in [6.45, 7) is 8.92. The number of Topliss-reactive ketones (excluding diaryl/α,β-unsaturated/α-hetero) is 1. The molecule has 1 N–H and O–H groups in total. The fourth-order valence-corrected chi connectivity index (χ4v) is 4.45. The highest BCUT2D eigenvalue weighted by Crippen LogP contribution is 2.44. The van der Waals surface area contributed by atoms with Crippen LogP contribution in [-0.2, 0) is 9.59 Å². The van der Waals surface area contributed by atoms with Crippen LogP contribution in [0.15, 0.2) is 72.3 Å². The molecule has 1 aliphatic heterocycles. The molecule has 0 aliphatic carbocycles. The number of hydrogen-bond donors (Lipinski definition) is 1. The largest absolute Gasteiger partial charge is 0.507 e. The molecular weight excluding hydrogens is 482 g/mol. The number of amides is 1. The van der Waals surface area contributed by atoms with E-state index in [0.717, 1.165) is 5.56 Å². The number of aliphatic hydroxyl groups excluding tert-OH is 1. The van der Waals surface area contributed by atoms with Gasteiger partial charge in [0.05, 0.1) is 31.9 Å². The summed E-state index contributed by atoms with van der Waals surface area (Å²) in [5, 5.41) is 11.4. The van der Waals surface area contributed by atoms with Crippen LogP contribution in [0.4, 0.5) is 5.69 Å². The smallest absolute Gasteiger partial charge is 0.300 e. The van der Waals surface area contributed by atoms with Crippen molar-refractivity contribution in [3.8, 4) is 17.2 Å². The van der Waals surface area contributed by atoms with Crippen molar-refractivity contribution in [3.05, 3.63) is 89.0 Å². The number of carbonyl (C=O) groups excluding carboxylic acids is 2. The number of anilines is 1. The van der Waals surface area contributed by atoms with E-state index in [1.54, 1.807) is 48.5 Å². The van der Waals surface area contributed by atoms with Crippen LogP contribution in [-0.4, -0.2) is 37.1 Å². The van der Waals surface area contributed by atoms with Gasteiger partial charge in [-0.2, -0.15) is 0 Å². The number of ether oxygens (including phenoxy) is 3. The zero-order valence-corrected chi connectivity index (χ0v) is 22.4. The molecule has 198 valence electrons. The SMILES string of the molecule is CCOc1ccc(C2/C(=C(/O)c3ccc(OCC(C)C)cc3)C(=O)C(=O)N2c2cccc(C)c2)cc1OC. The second-order valence-corrected chi connectivity index (χ2v) is 9.58. The number of ketones is 1. The zero-order valence-electron chi connectivity index (χ0n) is 22.4. The third kappa shape index (κ3) is 5.37. The number of rotatable bonds is 9. The average molecular weight is 516 g/mol. The number of aryl methyl sites for hydroxylation is 1. The number of methoxy groups -OCH3 is 1. The average Bonchev–Trinajstić information content (AvgIpc) is 3.17. The normalized spacial score (nSPS) is 16.7. The third-order valence-electron chi connectivity index (χ3n) is 6.24. The van der Waals surface area contributed by atoms with Gasteiger partial charge in [0.2, 0.25) is 0 Å². The highest BCUT2D eigenvalue weighted by molar-refractivity contribution is 6.51. The molecule has 1 amide bonds. The van der Waals surface area contributed by atoms with Gasteiger partial charge in [-0.1, -0.05) is 32.0 Å². The number of benzene rings is 3. The molecule has 1 unspecified atom stereocenters. The van der Waals surface area contributed by atoms with Crippen molar-refractivity contribution in [2.45, 2.75) is 33.7 Å². The number of carbonyl (C=O) groups is 2. The van der Waals surface area contributed by atoms with E-state index in [-0.39, 0.29) is 11.3 Å². The molecule has 1 atom stereocenters. The molecule has 1 heterocycles. The van der Waals surface area contributed by atoms with Crippen molar-refractivity contribution in [1.29, 1.82) is 0 Å². The molecule has 0 spiro atoms. The molecule has 7 nitrogen and oxygen atoms in total. The van der Waals surface area contributed by atoms with E-state index in [9.17, 15) is 14.7 Å². The van der Waals surface area contributed by atoms with E-state index in [1.807, 2.05) is 32.0 Å². The summed E-state index contributed by atoms with van der Waals surface area (Å²) < 4.78 is 16.9. The lowest BCUT2D eigenvalue weighted by atomic mass is 9.94. The minimum atomic E-state index is -0.877. The predicted octanol–water partition coefficient (Wildman–Crippen LogP) is 6.06. The Kier molecular flexibility index (Phi) is 8.05. The van der Waals surface area contributed by atoms with Crippen LogP contribution in [0.2, 0.25) is 0 Å². The Morgan fingerprint density at radius 1 is 0.974 bits per heavy atom. The predicted molar refractivity (Wildman–Crippen MR) is 147 cm³/mol. The molecule has 0 saturated carbocycles. The molecular formula is C31H33NO6. The molecule has 1 saturated heterocycles. The van der Waals surface area contributed by atoms with Crippen LogP contribution >= 0.6 is 0 Å². The molecule has 1 fully saturated rings. The quantitative estimate of drug-likeness (QED) is 0.212. The summed E-state index contributed by atoms with van der Waals surface area (Å²) in [6, 6.07) is 18.6. The van der Waals surface area contributed by atoms with E-state index < -0.39 is 17.7 Å². The Morgan fingerprint density at radius 2 is 1.71 bits per heavy atom. The van der Waals surface area contributed by atoms with E-state index in [2.05, 4.69) is 13.8 Å². The minimum Gasteiger partial charge on any atom is -0.507 e. The summed E-state index contributed by atoms with van der Waals surface area (Å²) in [5.74, 6) is 0.296. The second-order valence-electron chi connectivity index (χ2n) is 9.58. The van der Waals surface area contributed by atoms with Crippen LogP contribution in [0, 0.1) is 12.8 Å².